The smallest absolute Gasteiger partial charge is 0.308 e. The van der Waals surface area contributed by atoms with Crippen molar-refractivity contribution in [3.8, 4) is 5.75 Å². The molecular formula is C16H21NO4. The van der Waals surface area contributed by atoms with Crippen LogP contribution in [-0.4, -0.2) is 41.1 Å². The van der Waals surface area contributed by atoms with E-state index in [1.54, 1.807) is 4.90 Å². The molecule has 1 aromatic rings. The molecule has 1 heterocycles. The molecule has 1 aliphatic heterocycles. The van der Waals surface area contributed by atoms with Crippen LogP contribution < -0.4 is 4.74 Å². The van der Waals surface area contributed by atoms with Gasteiger partial charge >= 0.3 is 5.97 Å². The Morgan fingerprint density at radius 1 is 1.43 bits per heavy atom. The average Bonchev–Trinajstić information content (AvgIpc) is 2.88. The maximum absolute atomic E-state index is 12.2. The molecule has 0 aliphatic carbocycles. The highest BCUT2D eigenvalue weighted by atomic mass is 16.5. The van der Waals surface area contributed by atoms with Crippen molar-refractivity contribution in [2.24, 2.45) is 5.92 Å². The third kappa shape index (κ3) is 4.21. The van der Waals surface area contributed by atoms with Gasteiger partial charge in [-0.15, -0.1) is 0 Å². The van der Waals surface area contributed by atoms with E-state index >= 15 is 0 Å². The van der Waals surface area contributed by atoms with Crippen LogP contribution in [0.25, 0.3) is 0 Å². The van der Waals surface area contributed by atoms with E-state index < -0.39 is 11.9 Å². The van der Waals surface area contributed by atoms with Crippen molar-refractivity contribution in [1.29, 1.82) is 0 Å². The summed E-state index contributed by atoms with van der Waals surface area (Å²) in [5.41, 5.74) is 0.886. The lowest BCUT2D eigenvalue weighted by Gasteiger charge is -2.16. The molecule has 1 saturated heterocycles. The fraction of sp³-hybridized carbons (Fsp3) is 0.500. The van der Waals surface area contributed by atoms with Crippen LogP contribution in [0.15, 0.2) is 24.3 Å². The number of carboxylic acids is 1. The summed E-state index contributed by atoms with van der Waals surface area (Å²) in [5.74, 6) is -0.525. The summed E-state index contributed by atoms with van der Waals surface area (Å²) in [6.45, 7) is 4.75. The number of aliphatic carboxylic acids is 1. The molecule has 0 spiro atoms. The Morgan fingerprint density at radius 2 is 2.19 bits per heavy atom. The number of rotatable bonds is 5. The highest BCUT2D eigenvalue weighted by Crippen LogP contribution is 2.19. The first kappa shape index (κ1) is 15.4. The SMILES string of the molecule is CC(C)Oc1cccc(CC(=O)N2CCC(C(=O)O)C2)c1. The molecule has 2 rings (SSSR count). The molecule has 0 bridgehead atoms. The van der Waals surface area contributed by atoms with Gasteiger partial charge in [0.25, 0.3) is 0 Å². The first-order valence-electron chi connectivity index (χ1n) is 7.22. The molecule has 5 nitrogen and oxygen atoms in total. The van der Waals surface area contributed by atoms with Crippen molar-refractivity contribution in [1.82, 2.24) is 4.90 Å². The Bertz CT molecular complexity index is 527. The van der Waals surface area contributed by atoms with Gasteiger partial charge < -0.3 is 14.7 Å². The molecule has 1 amide bonds. The molecule has 1 aliphatic rings. The molecule has 1 atom stereocenters. The number of carbonyl (C=O) groups excluding carboxylic acids is 1. The molecule has 0 saturated carbocycles. The van der Waals surface area contributed by atoms with Crippen molar-refractivity contribution in [2.45, 2.75) is 32.8 Å². The number of hydrogen-bond donors (Lipinski definition) is 1. The summed E-state index contributed by atoms with van der Waals surface area (Å²) in [6, 6.07) is 7.48. The van der Waals surface area contributed by atoms with Gasteiger partial charge in [-0.2, -0.15) is 0 Å². The summed E-state index contributed by atoms with van der Waals surface area (Å²) >= 11 is 0. The molecule has 0 radical (unpaired) electrons. The van der Waals surface area contributed by atoms with E-state index in [0.29, 0.717) is 19.5 Å². The van der Waals surface area contributed by atoms with E-state index in [9.17, 15) is 9.59 Å². The van der Waals surface area contributed by atoms with Gasteiger partial charge in [0.2, 0.25) is 5.91 Å². The quantitative estimate of drug-likeness (QED) is 0.900. The first-order chi connectivity index (χ1) is 9.95. The zero-order chi connectivity index (χ0) is 15.4. The van der Waals surface area contributed by atoms with Crippen LogP contribution in [0.3, 0.4) is 0 Å². The second-order valence-corrected chi connectivity index (χ2v) is 5.65. The number of ether oxygens (including phenoxy) is 1. The van der Waals surface area contributed by atoms with Gasteiger partial charge in [0.15, 0.2) is 0 Å². The number of likely N-dealkylation sites (tertiary alicyclic amines) is 1. The van der Waals surface area contributed by atoms with E-state index in [4.69, 9.17) is 9.84 Å². The third-order valence-corrected chi connectivity index (χ3v) is 3.52. The summed E-state index contributed by atoms with van der Waals surface area (Å²) in [4.78, 5) is 24.8. The number of amides is 1. The second-order valence-electron chi connectivity index (χ2n) is 5.65. The predicted molar refractivity (Wildman–Crippen MR) is 78.2 cm³/mol. The minimum absolute atomic E-state index is 0.0274. The van der Waals surface area contributed by atoms with Gasteiger partial charge in [-0.05, 0) is 38.0 Å². The van der Waals surface area contributed by atoms with Crippen LogP contribution in [0.5, 0.6) is 5.75 Å². The molecule has 114 valence electrons. The highest BCUT2D eigenvalue weighted by Gasteiger charge is 2.30. The van der Waals surface area contributed by atoms with Crippen molar-refractivity contribution in [2.75, 3.05) is 13.1 Å². The van der Waals surface area contributed by atoms with Gasteiger partial charge in [-0.3, -0.25) is 9.59 Å². The normalized spacial score (nSPS) is 18.0. The highest BCUT2D eigenvalue weighted by molar-refractivity contribution is 5.80. The number of carboxylic acid groups (broad SMARTS) is 1. The van der Waals surface area contributed by atoms with Crippen LogP contribution in [0, 0.1) is 5.92 Å². The Kier molecular flexibility index (Phi) is 4.83. The van der Waals surface area contributed by atoms with E-state index in [1.807, 2.05) is 38.1 Å². The maximum Gasteiger partial charge on any atom is 0.308 e. The third-order valence-electron chi connectivity index (χ3n) is 3.52. The van der Waals surface area contributed by atoms with Crippen molar-refractivity contribution in [3.05, 3.63) is 29.8 Å². The standard InChI is InChI=1S/C16H21NO4/c1-11(2)21-14-5-3-4-12(8-14)9-15(18)17-7-6-13(10-17)16(19)20/h3-5,8,11,13H,6-7,9-10H2,1-2H3,(H,19,20). The van der Waals surface area contributed by atoms with E-state index in [1.165, 1.54) is 0 Å². The summed E-state index contributed by atoms with van der Waals surface area (Å²) in [7, 11) is 0. The van der Waals surface area contributed by atoms with Crippen LogP contribution in [0.1, 0.15) is 25.8 Å². The van der Waals surface area contributed by atoms with E-state index in [2.05, 4.69) is 0 Å². The van der Waals surface area contributed by atoms with Gasteiger partial charge in [0.05, 0.1) is 18.4 Å². The fourth-order valence-electron chi connectivity index (χ4n) is 2.48. The zero-order valence-corrected chi connectivity index (χ0v) is 12.4. The van der Waals surface area contributed by atoms with Crippen LogP contribution in [-0.2, 0) is 16.0 Å². The summed E-state index contributed by atoms with van der Waals surface area (Å²) in [5, 5.41) is 8.97. The minimum atomic E-state index is -0.822. The zero-order valence-electron chi connectivity index (χ0n) is 12.4. The van der Waals surface area contributed by atoms with Crippen LogP contribution in [0.2, 0.25) is 0 Å². The Labute approximate surface area is 124 Å². The van der Waals surface area contributed by atoms with Gasteiger partial charge in [-0.1, -0.05) is 12.1 Å². The van der Waals surface area contributed by atoms with Gasteiger partial charge in [-0.25, -0.2) is 0 Å². The van der Waals surface area contributed by atoms with Crippen molar-refractivity contribution < 1.29 is 19.4 Å². The lowest BCUT2D eigenvalue weighted by molar-refractivity contribution is -0.141. The molecule has 1 aromatic carbocycles. The fourth-order valence-corrected chi connectivity index (χ4v) is 2.48. The largest absolute Gasteiger partial charge is 0.491 e. The lowest BCUT2D eigenvalue weighted by atomic mass is 10.1. The van der Waals surface area contributed by atoms with Crippen molar-refractivity contribution >= 4 is 11.9 Å². The number of carbonyl (C=O) groups is 2. The van der Waals surface area contributed by atoms with Crippen LogP contribution >= 0.6 is 0 Å². The maximum atomic E-state index is 12.2. The molecule has 1 fully saturated rings. The Balaban J connectivity index is 1.95. The molecule has 1 N–H and O–H groups in total. The van der Waals surface area contributed by atoms with Crippen LogP contribution in [0.4, 0.5) is 0 Å². The summed E-state index contributed by atoms with van der Waals surface area (Å²) in [6.07, 6.45) is 0.907. The summed E-state index contributed by atoms with van der Waals surface area (Å²) < 4.78 is 5.61. The predicted octanol–water partition coefficient (Wildman–Crippen LogP) is 1.95. The van der Waals surface area contributed by atoms with Crippen molar-refractivity contribution in [3.63, 3.8) is 0 Å². The molecular weight excluding hydrogens is 270 g/mol. The Hall–Kier alpha value is -2.04. The molecule has 0 aromatic heterocycles. The first-order valence-corrected chi connectivity index (χ1v) is 7.22. The van der Waals surface area contributed by atoms with E-state index in [-0.39, 0.29) is 18.4 Å². The molecule has 1 unspecified atom stereocenters. The number of nitrogens with zero attached hydrogens (tertiary/aromatic N) is 1. The minimum Gasteiger partial charge on any atom is -0.491 e. The van der Waals surface area contributed by atoms with E-state index in [0.717, 1.165) is 11.3 Å². The monoisotopic (exact) mass is 291 g/mol. The lowest BCUT2D eigenvalue weighted by Crippen LogP contribution is -2.31. The van der Waals surface area contributed by atoms with Gasteiger partial charge in [0, 0.05) is 13.1 Å². The molecule has 5 heteroatoms. The molecule has 21 heavy (non-hydrogen) atoms. The second kappa shape index (κ2) is 6.61. The average molecular weight is 291 g/mol. The van der Waals surface area contributed by atoms with Gasteiger partial charge in [0.1, 0.15) is 5.75 Å². The topological polar surface area (TPSA) is 66.8 Å². The number of hydrogen-bond acceptors (Lipinski definition) is 3. The Morgan fingerprint density at radius 3 is 2.81 bits per heavy atom. The number of benzene rings is 1.